The summed E-state index contributed by atoms with van der Waals surface area (Å²) in [7, 11) is 0. The molecule has 0 aromatic heterocycles. The van der Waals surface area contributed by atoms with Crippen molar-refractivity contribution < 1.29 is 24.2 Å². The zero-order valence-corrected chi connectivity index (χ0v) is 17.6. The lowest BCUT2D eigenvalue weighted by Gasteiger charge is -2.14. The Morgan fingerprint density at radius 2 is 1.56 bits per heavy atom. The molecule has 0 saturated heterocycles. The molecular weight excluding hydrogens is 408 g/mol. The van der Waals surface area contributed by atoms with Crippen LogP contribution in [0.5, 0.6) is 5.75 Å². The van der Waals surface area contributed by atoms with E-state index in [1.165, 1.54) is 0 Å². The monoisotopic (exact) mass is 434 g/mol. The molecule has 0 aliphatic rings. The standard InChI is InChI=1S/C25H26N2O5/c28-24(29)27-17-20-12-13-22(21-10-5-2-6-11-21)23(16-20)31-15-7-14-26-25(30)32-18-19-8-3-1-4-9-19/h1-6,8-13,16,27H,7,14-15,17-18H2,(H,26,30)(H,28,29). The number of carbonyl (C=O) groups is 2. The SMILES string of the molecule is O=C(O)NCc1ccc(-c2ccccc2)c(OCCCNC(=O)OCc2ccccc2)c1. The van der Waals surface area contributed by atoms with Gasteiger partial charge in [-0.05, 0) is 29.2 Å². The van der Waals surface area contributed by atoms with E-state index in [9.17, 15) is 9.59 Å². The third kappa shape index (κ3) is 7.36. The van der Waals surface area contributed by atoms with Crippen molar-refractivity contribution in [1.82, 2.24) is 10.6 Å². The lowest BCUT2D eigenvalue weighted by molar-refractivity contribution is 0.139. The van der Waals surface area contributed by atoms with E-state index in [0.29, 0.717) is 25.3 Å². The molecule has 0 unspecified atom stereocenters. The minimum atomic E-state index is -1.08. The van der Waals surface area contributed by atoms with Gasteiger partial charge in [-0.25, -0.2) is 9.59 Å². The van der Waals surface area contributed by atoms with Crippen LogP contribution in [0, 0.1) is 0 Å². The predicted octanol–water partition coefficient (Wildman–Crippen LogP) is 4.82. The Morgan fingerprint density at radius 3 is 2.28 bits per heavy atom. The number of carbonyl (C=O) groups excluding carboxylic acids is 1. The molecule has 0 heterocycles. The van der Waals surface area contributed by atoms with E-state index >= 15 is 0 Å². The lowest BCUT2D eigenvalue weighted by Crippen LogP contribution is -2.26. The first-order valence-corrected chi connectivity index (χ1v) is 10.3. The van der Waals surface area contributed by atoms with Crippen LogP contribution >= 0.6 is 0 Å². The number of rotatable bonds is 10. The van der Waals surface area contributed by atoms with E-state index in [0.717, 1.165) is 22.3 Å². The van der Waals surface area contributed by atoms with Gasteiger partial charge in [0.25, 0.3) is 0 Å². The number of amides is 2. The summed E-state index contributed by atoms with van der Waals surface area (Å²) in [6, 6.07) is 24.9. The molecule has 3 rings (SSSR count). The smallest absolute Gasteiger partial charge is 0.407 e. The number of carboxylic acid groups (broad SMARTS) is 1. The highest BCUT2D eigenvalue weighted by Gasteiger charge is 2.09. The van der Waals surface area contributed by atoms with Crippen LogP contribution < -0.4 is 15.4 Å². The summed E-state index contributed by atoms with van der Waals surface area (Å²) in [6.45, 7) is 1.21. The van der Waals surface area contributed by atoms with Crippen molar-refractivity contribution >= 4 is 12.2 Å². The summed E-state index contributed by atoms with van der Waals surface area (Å²) < 4.78 is 11.2. The van der Waals surface area contributed by atoms with Crippen molar-refractivity contribution in [3.63, 3.8) is 0 Å². The summed E-state index contributed by atoms with van der Waals surface area (Å²) in [5.74, 6) is 0.660. The molecule has 0 fully saturated rings. The Morgan fingerprint density at radius 1 is 0.844 bits per heavy atom. The lowest BCUT2D eigenvalue weighted by atomic mass is 10.0. The van der Waals surface area contributed by atoms with Gasteiger partial charge in [0, 0.05) is 18.7 Å². The molecule has 7 heteroatoms. The summed E-state index contributed by atoms with van der Waals surface area (Å²) in [5.41, 5.74) is 3.64. The van der Waals surface area contributed by atoms with Gasteiger partial charge in [-0.15, -0.1) is 0 Å². The molecule has 2 amide bonds. The third-order valence-electron chi connectivity index (χ3n) is 4.64. The van der Waals surface area contributed by atoms with Crippen LogP contribution in [0.2, 0.25) is 0 Å². The fourth-order valence-corrected chi connectivity index (χ4v) is 3.05. The molecule has 32 heavy (non-hydrogen) atoms. The first kappa shape index (κ1) is 22.7. The highest BCUT2D eigenvalue weighted by molar-refractivity contribution is 5.71. The van der Waals surface area contributed by atoms with E-state index in [2.05, 4.69) is 10.6 Å². The van der Waals surface area contributed by atoms with Crippen LogP contribution in [-0.4, -0.2) is 30.4 Å². The molecule has 0 bridgehead atoms. The van der Waals surface area contributed by atoms with Crippen molar-refractivity contribution in [2.45, 2.75) is 19.6 Å². The summed E-state index contributed by atoms with van der Waals surface area (Å²) in [6.07, 6.45) is -0.961. The fourth-order valence-electron chi connectivity index (χ4n) is 3.05. The van der Waals surface area contributed by atoms with Gasteiger partial charge in [0.1, 0.15) is 12.4 Å². The van der Waals surface area contributed by atoms with Crippen molar-refractivity contribution in [2.75, 3.05) is 13.2 Å². The first-order chi connectivity index (χ1) is 15.6. The topological polar surface area (TPSA) is 96.9 Å². The maximum Gasteiger partial charge on any atom is 0.407 e. The number of hydrogen-bond donors (Lipinski definition) is 3. The second-order valence-electron chi connectivity index (χ2n) is 7.05. The first-order valence-electron chi connectivity index (χ1n) is 10.3. The van der Waals surface area contributed by atoms with E-state index < -0.39 is 12.2 Å². The Balaban J connectivity index is 1.50. The second kappa shape index (κ2) is 12.0. The predicted molar refractivity (Wildman–Crippen MR) is 121 cm³/mol. The molecule has 0 saturated carbocycles. The normalized spacial score (nSPS) is 10.2. The molecule has 3 aromatic carbocycles. The Bertz CT molecular complexity index is 1010. The van der Waals surface area contributed by atoms with Crippen molar-refractivity contribution in [1.29, 1.82) is 0 Å². The van der Waals surface area contributed by atoms with Crippen LogP contribution in [0.25, 0.3) is 11.1 Å². The zero-order chi connectivity index (χ0) is 22.6. The Hall–Kier alpha value is -4.00. The largest absolute Gasteiger partial charge is 0.493 e. The van der Waals surface area contributed by atoms with Gasteiger partial charge in [-0.1, -0.05) is 72.8 Å². The van der Waals surface area contributed by atoms with Crippen LogP contribution in [-0.2, 0) is 17.9 Å². The van der Waals surface area contributed by atoms with E-state index in [1.807, 2.05) is 78.9 Å². The highest BCUT2D eigenvalue weighted by atomic mass is 16.5. The zero-order valence-electron chi connectivity index (χ0n) is 17.6. The molecule has 0 aliphatic heterocycles. The molecule has 0 atom stereocenters. The number of nitrogens with one attached hydrogen (secondary N) is 2. The third-order valence-corrected chi connectivity index (χ3v) is 4.64. The van der Waals surface area contributed by atoms with Gasteiger partial charge in [0.05, 0.1) is 6.61 Å². The minimum Gasteiger partial charge on any atom is -0.493 e. The average molecular weight is 434 g/mol. The van der Waals surface area contributed by atoms with Crippen molar-refractivity contribution in [2.24, 2.45) is 0 Å². The van der Waals surface area contributed by atoms with Gasteiger partial charge in [0.2, 0.25) is 0 Å². The van der Waals surface area contributed by atoms with Gasteiger partial charge < -0.3 is 25.2 Å². The summed E-state index contributed by atoms with van der Waals surface area (Å²) in [5, 5.41) is 13.9. The Kier molecular flexibility index (Phi) is 8.50. The fraction of sp³-hybridized carbons (Fsp3) is 0.200. The minimum absolute atomic E-state index is 0.190. The van der Waals surface area contributed by atoms with Gasteiger partial charge >= 0.3 is 12.2 Å². The van der Waals surface area contributed by atoms with Crippen LogP contribution in [0.3, 0.4) is 0 Å². The molecule has 0 radical (unpaired) electrons. The summed E-state index contributed by atoms with van der Waals surface area (Å²) in [4.78, 5) is 22.6. The molecular formula is C25H26N2O5. The van der Waals surface area contributed by atoms with Gasteiger partial charge in [-0.3, -0.25) is 0 Å². The number of alkyl carbamates (subject to hydrolysis) is 1. The molecule has 3 N–H and O–H groups in total. The van der Waals surface area contributed by atoms with Crippen LogP contribution in [0.15, 0.2) is 78.9 Å². The number of ether oxygens (including phenoxy) is 2. The van der Waals surface area contributed by atoms with E-state index in [-0.39, 0.29) is 13.2 Å². The van der Waals surface area contributed by atoms with Crippen LogP contribution in [0.1, 0.15) is 17.5 Å². The van der Waals surface area contributed by atoms with Crippen molar-refractivity contribution in [3.8, 4) is 16.9 Å². The number of benzene rings is 3. The average Bonchev–Trinajstić information content (AvgIpc) is 2.82. The maximum absolute atomic E-state index is 11.8. The molecule has 0 aliphatic carbocycles. The molecule has 3 aromatic rings. The van der Waals surface area contributed by atoms with Crippen LogP contribution in [0.4, 0.5) is 9.59 Å². The molecule has 7 nitrogen and oxygen atoms in total. The molecule has 0 spiro atoms. The second-order valence-corrected chi connectivity index (χ2v) is 7.05. The highest BCUT2D eigenvalue weighted by Crippen LogP contribution is 2.31. The maximum atomic E-state index is 11.8. The van der Waals surface area contributed by atoms with Gasteiger partial charge in [0.15, 0.2) is 0 Å². The molecule has 166 valence electrons. The van der Waals surface area contributed by atoms with E-state index in [4.69, 9.17) is 14.6 Å². The summed E-state index contributed by atoms with van der Waals surface area (Å²) >= 11 is 0. The van der Waals surface area contributed by atoms with E-state index in [1.54, 1.807) is 0 Å². The van der Waals surface area contributed by atoms with Crippen molar-refractivity contribution in [3.05, 3.63) is 90.0 Å². The quantitative estimate of drug-likeness (QED) is 0.398. The van der Waals surface area contributed by atoms with Gasteiger partial charge in [-0.2, -0.15) is 0 Å². The Labute approximate surface area is 187 Å². The number of hydrogen-bond acceptors (Lipinski definition) is 4.